The molecule has 2 nitrogen and oxygen atoms in total. The van der Waals surface area contributed by atoms with Crippen LogP contribution in [0.5, 0.6) is 0 Å². The van der Waals surface area contributed by atoms with Gasteiger partial charge in [0.2, 0.25) is 6.17 Å². The van der Waals surface area contributed by atoms with Crippen LogP contribution in [0.25, 0.3) is 0 Å². The summed E-state index contributed by atoms with van der Waals surface area (Å²) in [5.74, 6) is 1.15. The molecule has 2 rings (SSSR count). The normalized spacial score (nSPS) is 15.1. The average Bonchev–Trinajstić information content (AvgIpc) is 3.30. The minimum Gasteiger partial charge on any atom is -0.0965 e. The molecular formula is C28H45N2+. The molecule has 2 unspecified atom stereocenters. The number of hydrogen-bond donors (Lipinski definition) is 0. The van der Waals surface area contributed by atoms with Crippen molar-refractivity contribution in [3.8, 4) is 0 Å². The van der Waals surface area contributed by atoms with Crippen molar-refractivity contribution >= 4 is 12.4 Å². The molecule has 0 spiro atoms. The van der Waals surface area contributed by atoms with Crippen LogP contribution in [0.1, 0.15) is 109 Å². The highest BCUT2D eigenvalue weighted by Crippen LogP contribution is 2.37. The molecule has 1 aromatic rings. The fraction of sp³-hybridized carbons (Fsp3) is 0.679. The highest BCUT2D eigenvalue weighted by Gasteiger charge is 2.35. The molecule has 0 amide bonds. The van der Waals surface area contributed by atoms with E-state index in [9.17, 15) is 0 Å². The summed E-state index contributed by atoms with van der Waals surface area (Å²) >= 11 is 0. The predicted octanol–water partition coefficient (Wildman–Crippen LogP) is 8.61. The van der Waals surface area contributed by atoms with Gasteiger partial charge in [-0.15, -0.1) is 0 Å². The van der Waals surface area contributed by atoms with Gasteiger partial charge < -0.3 is 0 Å². The van der Waals surface area contributed by atoms with Gasteiger partial charge in [-0.1, -0.05) is 131 Å². The average molecular weight is 410 g/mol. The smallest absolute Gasteiger partial charge is 0.0965 e. The first kappa shape index (κ1) is 24.7. The van der Waals surface area contributed by atoms with Gasteiger partial charge in [-0.05, 0) is 30.7 Å². The quantitative estimate of drug-likeness (QED) is 0.171. The van der Waals surface area contributed by atoms with E-state index in [4.69, 9.17) is 0 Å². The first-order chi connectivity index (χ1) is 14.8. The summed E-state index contributed by atoms with van der Waals surface area (Å²) in [7, 11) is 0. The van der Waals surface area contributed by atoms with Crippen molar-refractivity contribution < 1.29 is 0 Å². The third kappa shape index (κ3) is 9.96. The molecule has 2 heteroatoms. The molecule has 1 aliphatic heterocycles. The van der Waals surface area contributed by atoms with Gasteiger partial charge in [-0.25, -0.2) is 0 Å². The van der Waals surface area contributed by atoms with E-state index in [1.165, 1.54) is 95.5 Å². The molecular weight excluding hydrogens is 364 g/mol. The summed E-state index contributed by atoms with van der Waals surface area (Å²) in [6, 6.07) is 11.1. The third-order valence-electron chi connectivity index (χ3n) is 6.52. The Labute approximate surface area is 186 Å². The Morgan fingerprint density at radius 2 is 1.20 bits per heavy atom. The van der Waals surface area contributed by atoms with Crippen molar-refractivity contribution in [1.29, 1.82) is 0 Å². The summed E-state index contributed by atoms with van der Waals surface area (Å²) in [6.45, 7) is 4.59. The van der Waals surface area contributed by atoms with Crippen LogP contribution in [0.15, 0.2) is 40.3 Å². The Morgan fingerprint density at radius 3 is 1.80 bits per heavy atom. The lowest BCUT2D eigenvalue weighted by Gasteiger charge is -2.26. The molecule has 1 aliphatic rings. The SMILES string of the molecule is CCCCCCCCC(Cc1ccccc1)C(CCCCCCCC)[C+]1N=CC=N1. The van der Waals surface area contributed by atoms with Gasteiger partial charge in [0, 0.05) is 0 Å². The predicted molar refractivity (Wildman–Crippen MR) is 133 cm³/mol. The molecule has 30 heavy (non-hydrogen) atoms. The van der Waals surface area contributed by atoms with E-state index in [1.807, 2.05) is 12.4 Å². The highest BCUT2D eigenvalue weighted by molar-refractivity contribution is 6.18. The molecule has 166 valence electrons. The van der Waals surface area contributed by atoms with Gasteiger partial charge in [0.05, 0.1) is 5.92 Å². The molecule has 0 fully saturated rings. The van der Waals surface area contributed by atoms with E-state index in [2.05, 4.69) is 54.2 Å². The first-order valence-electron chi connectivity index (χ1n) is 12.8. The summed E-state index contributed by atoms with van der Waals surface area (Å²) in [6.07, 6.45) is 24.9. The van der Waals surface area contributed by atoms with Crippen LogP contribution in [0.4, 0.5) is 0 Å². The van der Waals surface area contributed by atoms with Gasteiger partial charge >= 0.3 is 0 Å². The van der Waals surface area contributed by atoms with Crippen molar-refractivity contribution in [1.82, 2.24) is 0 Å². The molecule has 0 radical (unpaired) electrons. The van der Waals surface area contributed by atoms with Crippen LogP contribution >= 0.6 is 0 Å². The molecule has 0 aliphatic carbocycles. The molecule has 1 aromatic carbocycles. The standard InChI is InChI=1S/C28H45N2/c1-3-5-7-9-11-16-20-26(24-25-18-14-13-15-19-25)27(28-29-22-23-30-28)21-17-12-10-8-6-4-2/h13-15,18-19,22-23,26-27H,3-12,16-17,20-21,24H2,1-2H3/q+1. The second-order valence-electron chi connectivity index (χ2n) is 9.08. The summed E-state index contributed by atoms with van der Waals surface area (Å²) in [5.41, 5.74) is 1.47. The number of rotatable bonds is 18. The maximum atomic E-state index is 4.67. The highest BCUT2D eigenvalue weighted by atomic mass is 15.0. The molecule has 2 atom stereocenters. The third-order valence-corrected chi connectivity index (χ3v) is 6.52. The van der Waals surface area contributed by atoms with Gasteiger partial charge in [0.25, 0.3) is 0 Å². The monoisotopic (exact) mass is 409 g/mol. The lowest BCUT2D eigenvalue weighted by molar-refractivity contribution is 0.284. The van der Waals surface area contributed by atoms with E-state index in [0.717, 1.165) is 12.6 Å². The number of nitrogens with zero attached hydrogens (tertiary/aromatic N) is 2. The minimum atomic E-state index is 0.502. The van der Waals surface area contributed by atoms with Crippen molar-refractivity contribution in [3.63, 3.8) is 0 Å². The lowest BCUT2D eigenvalue weighted by Crippen LogP contribution is -2.22. The van der Waals surface area contributed by atoms with Crippen molar-refractivity contribution in [2.75, 3.05) is 0 Å². The Hall–Kier alpha value is -1.57. The fourth-order valence-electron chi connectivity index (χ4n) is 4.71. The van der Waals surface area contributed by atoms with Gasteiger partial charge in [-0.2, -0.15) is 0 Å². The van der Waals surface area contributed by atoms with Gasteiger partial charge in [0.1, 0.15) is 0 Å². The second-order valence-corrected chi connectivity index (χ2v) is 9.08. The Morgan fingerprint density at radius 1 is 0.667 bits per heavy atom. The van der Waals surface area contributed by atoms with E-state index in [1.54, 1.807) is 0 Å². The summed E-state index contributed by atoms with van der Waals surface area (Å²) in [5, 5.41) is 0. The topological polar surface area (TPSA) is 24.7 Å². The molecule has 0 aromatic heterocycles. The van der Waals surface area contributed by atoms with Crippen LogP contribution in [0, 0.1) is 18.0 Å². The van der Waals surface area contributed by atoms with Crippen LogP contribution in [0.2, 0.25) is 0 Å². The molecule has 0 saturated carbocycles. The Balaban J connectivity index is 1.94. The fourth-order valence-corrected chi connectivity index (χ4v) is 4.71. The first-order valence-corrected chi connectivity index (χ1v) is 12.8. The maximum Gasteiger partial charge on any atom is 0.244 e. The van der Waals surface area contributed by atoms with Crippen molar-refractivity contribution in [2.24, 2.45) is 21.8 Å². The van der Waals surface area contributed by atoms with Crippen LogP contribution in [-0.4, -0.2) is 12.4 Å². The maximum absolute atomic E-state index is 4.67. The van der Waals surface area contributed by atoms with Gasteiger partial charge in [-0.3, -0.25) is 0 Å². The van der Waals surface area contributed by atoms with E-state index in [-0.39, 0.29) is 0 Å². The molecule has 0 bridgehead atoms. The minimum absolute atomic E-state index is 0.502. The van der Waals surface area contributed by atoms with Gasteiger partial charge in [0.15, 0.2) is 12.4 Å². The number of aliphatic imine (C=N–C) groups is 2. The summed E-state index contributed by atoms with van der Waals surface area (Å²) < 4.78 is 0. The molecule has 0 N–H and O–H groups in total. The lowest BCUT2D eigenvalue weighted by atomic mass is 9.78. The van der Waals surface area contributed by atoms with Crippen LogP contribution in [0.3, 0.4) is 0 Å². The van der Waals surface area contributed by atoms with Crippen molar-refractivity contribution in [3.05, 3.63) is 42.1 Å². The zero-order valence-corrected chi connectivity index (χ0v) is 19.7. The number of benzene rings is 1. The van der Waals surface area contributed by atoms with E-state index in [0.29, 0.717) is 11.8 Å². The zero-order chi connectivity index (χ0) is 21.3. The molecule has 1 heterocycles. The largest absolute Gasteiger partial charge is 0.244 e. The number of hydrogen-bond acceptors (Lipinski definition) is 2. The van der Waals surface area contributed by atoms with Crippen LogP contribution < -0.4 is 0 Å². The number of unbranched alkanes of at least 4 members (excludes halogenated alkanes) is 10. The van der Waals surface area contributed by atoms with E-state index < -0.39 is 0 Å². The van der Waals surface area contributed by atoms with Crippen molar-refractivity contribution in [2.45, 2.75) is 110 Å². The van der Waals surface area contributed by atoms with Crippen LogP contribution in [-0.2, 0) is 6.42 Å². The summed E-state index contributed by atoms with van der Waals surface area (Å²) in [4.78, 5) is 9.33. The molecule has 0 saturated heterocycles. The second kappa shape index (κ2) is 16.2. The Kier molecular flexibility index (Phi) is 13.3. The van der Waals surface area contributed by atoms with E-state index >= 15 is 0 Å². The zero-order valence-electron chi connectivity index (χ0n) is 19.7. The Bertz CT molecular complexity index is 566.